The van der Waals surface area contributed by atoms with Gasteiger partial charge < -0.3 is 15.1 Å². The second-order valence-electron chi connectivity index (χ2n) is 6.44. The average Bonchev–Trinajstić information content (AvgIpc) is 2.75. The van der Waals surface area contributed by atoms with Crippen LogP contribution in [0.25, 0.3) is 0 Å². The highest BCUT2D eigenvalue weighted by Gasteiger charge is 2.21. The molecule has 27 heavy (non-hydrogen) atoms. The van der Waals surface area contributed by atoms with Gasteiger partial charge in [-0.25, -0.2) is 9.97 Å². The van der Waals surface area contributed by atoms with Gasteiger partial charge in [0, 0.05) is 44.6 Å². The molecule has 2 aromatic heterocycles. The van der Waals surface area contributed by atoms with Crippen molar-refractivity contribution < 1.29 is 0 Å². The normalized spacial score (nSPS) is 15.4. The number of benzene rings is 1. The quantitative estimate of drug-likeness (QED) is 0.739. The molecule has 1 N–H and O–H groups in total. The van der Waals surface area contributed by atoms with Crippen molar-refractivity contribution in [2.24, 2.45) is 0 Å². The highest BCUT2D eigenvalue weighted by atomic mass is 15.4. The summed E-state index contributed by atoms with van der Waals surface area (Å²) in [5.74, 6) is 2.14. The van der Waals surface area contributed by atoms with E-state index in [1.165, 1.54) is 5.56 Å². The highest BCUT2D eigenvalue weighted by Crippen LogP contribution is 2.19. The Morgan fingerprint density at radius 3 is 2.26 bits per heavy atom. The number of anilines is 3. The summed E-state index contributed by atoms with van der Waals surface area (Å²) < 4.78 is 0. The number of nitrogens with one attached hydrogen (secondary N) is 1. The predicted octanol–water partition coefficient (Wildman–Crippen LogP) is 2.16. The first-order valence-corrected chi connectivity index (χ1v) is 9.08. The van der Waals surface area contributed by atoms with E-state index in [2.05, 4.69) is 59.3 Å². The molecule has 0 aliphatic carbocycles. The van der Waals surface area contributed by atoms with Crippen LogP contribution in [0.3, 0.4) is 0 Å². The lowest BCUT2D eigenvalue weighted by molar-refractivity contribution is 0.623. The first-order chi connectivity index (χ1) is 13.3. The van der Waals surface area contributed by atoms with E-state index >= 15 is 0 Å². The third kappa shape index (κ3) is 4.11. The zero-order chi connectivity index (χ0) is 18.5. The van der Waals surface area contributed by atoms with Crippen LogP contribution in [0.2, 0.25) is 0 Å². The maximum atomic E-state index is 4.65. The molecule has 3 heterocycles. The molecule has 3 aromatic rings. The van der Waals surface area contributed by atoms with E-state index in [1.807, 2.05) is 24.3 Å². The minimum Gasteiger partial charge on any atom is -0.362 e. The fourth-order valence-corrected chi connectivity index (χ4v) is 3.11. The van der Waals surface area contributed by atoms with E-state index in [4.69, 9.17) is 0 Å². The molecule has 1 aliphatic rings. The van der Waals surface area contributed by atoms with Gasteiger partial charge in [-0.1, -0.05) is 30.3 Å². The van der Waals surface area contributed by atoms with Crippen molar-refractivity contribution in [2.75, 3.05) is 41.3 Å². The molecule has 8 nitrogen and oxygen atoms in total. The van der Waals surface area contributed by atoms with Gasteiger partial charge in [0.1, 0.15) is 0 Å². The molecule has 8 heteroatoms. The van der Waals surface area contributed by atoms with Gasteiger partial charge in [0.2, 0.25) is 11.9 Å². The van der Waals surface area contributed by atoms with Gasteiger partial charge in [-0.15, -0.1) is 5.10 Å². The van der Waals surface area contributed by atoms with Crippen LogP contribution in [-0.4, -0.2) is 51.3 Å². The molecular weight excluding hydrogens is 340 g/mol. The third-order valence-corrected chi connectivity index (χ3v) is 4.61. The Balaban J connectivity index is 1.40. The van der Waals surface area contributed by atoms with Crippen LogP contribution in [0, 0.1) is 0 Å². The summed E-state index contributed by atoms with van der Waals surface area (Å²) in [4.78, 5) is 17.6. The molecule has 0 spiro atoms. The molecular formula is C19H22N8. The molecule has 1 saturated heterocycles. The fraction of sp³-hybridized carbons (Fsp3) is 0.316. The van der Waals surface area contributed by atoms with E-state index in [9.17, 15) is 0 Å². The van der Waals surface area contributed by atoms with E-state index in [0.717, 1.165) is 37.9 Å². The lowest BCUT2D eigenvalue weighted by Crippen LogP contribution is -2.47. The summed E-state index contributed by atoms with van der Waals surface area (Å²) in [7, 11) is 0. The summed E-state index contributed by atoms with van der Waals surface area (Å²) in [5, 5.41) is 11.7. The topological polar surface area (TPSA) is 83.0 Å². The predicted molar refractivity (Wildman–Crippen MR) is 105 cm³/mol. The summed E-state index contributed by atoms with van der Waals surface area (Å²) >= 11 is 0. The molecule has 1 unspecified atom stereocenters. The molecule has 0 radical (unpaired) electrons. The van der Waals surface area contributed by atoms with Gasteiger partial charge in [0.25, 0.3) is 0 Å². The zero-order valence-electron chi connectivity index (χ0n) is 15.2. The summed E-state index contributed by atoms with van der Waals surface area (Å²) in [6, 6.07) is 12.2. The monoisotopic (exact) mass is 362 g/mol. The van der Waals surface area contributed by atoms with E-state index in [0.29, 0.717) is 5.95 Å². The molecule has 0 saturated carbocycles. The number of hydrogen-bond acceptors (Lipinski definition) is 8. The van der Waals surface area contributed by atoms with Gasteiger partial charge in [0.15, 0.2) is 5.82 Å². The van der Waals surface area contributed by atoms with Gasteiger partial charge in [0.05, 0.1) is 6.20 Å². The Hall–Kier alpha value is -3.29. The largest absolute Gasteiger partial charge is 0.362 e. The molecule has 1 aliphatic heterocycles. The average molecular weight is 362 g/mol. The van der Waals surface area contributed by atoms with Crippen molar-refractivity contribution >= 4 is 17.7 Å². The molecule has 0 amide bonds. The van der Waals surface area contributed by atoms with Gasteiger partial charge in [-0.3, -0.25) is 0 Å². The third-order valence-electron chi connectivity index (χ3n) is 4.61. The number of hydrogen-bond donors (Lipinski definition) is 1. The van der Waals surface area contributed by atoms with Crippen molar-refractivity contribution in [2.45, 2.75) is 13.0 Å². The SMILES string of the molecule is CC(Nc1cnnc(N2CCN(c3ncccn3)CC2)n1)c1ccccc1. The molecule has 1 aromatic carbocycles. The van der Waals surface area contributed by atoms with Crippen LogP contribution in [-0.2, 0) is 0 Å². The van der Waals surface area contributed by atoms with E-state index in [-0.39, 0.29) is 6.04 Å². The van der Waals surface area contributed by atoms with Gasteiger partial charge in [-0.2, -0.15) is 10.1 Å². The fourth-order valence-electron chi connectivity index (χ4n) is 3.11. The first-order valence-electron chi connectivity index (χ1n) is 9.08. The Bertz CT molecular complexity index is 850. The molecule has 1 fully saturated rings. The minimum absolute atomic E-state index is 0.142. The van der Waals surface area contributed by atoms with Crippen LogP contribution in [0.4, 0.5) is 17.7 Å². The lowest BCUT2D eigenvalue weighted by atomic mass is 10.1. The Kier molecular flexibility index (Phi) is 5.04. The number of piperazine rings is 1. The second-order valence-corrected chi connectivity index (χ2v) is 6.44. The minimum atomic E-state index is 0.142. The standard InChI is InChI=1S/C19H22N8/c1-15(16-6-3-2-4-7-16)23-17-14-22-25-19(24-17)27-12-10-26(11-13-27)18-20-8-5-9-21-18/h2-9,14-15H,10-13H2,1H3,(H,23,24,25). The van der Waals surface area contributed by atoms with Crippen molar-refractivity contribution in [1.82, 2.24) is 25.1 Å². The van der Waals surface area contributed by atoms with Gasteiger partial charge >= 0.3 is 0 Å². The second kappa shape index (κ2) is 7.94. The van der Waals surface area contributed by atoms with E-state index < -0.39 is 0 Å². The summed E-state index contributed by atoms with van der Waals surface area (Å²) in [5.41, 5.74) is 1.20. The number of rotatable bonds is 5. The lowest BCUT2D eigenvalue weighted by Gasteiger charge is -2.34. The van der Waals surface area contributed by atoms with Crippen LogP contribution in [0.5, 0.6) is 0 Å². The summed E-state index contributed by atoms with van der Waals surface area (Å²) in [6.45, 7) is 5.36. The summed E-state index contributed by atoms with van der Waals surface area (Å²) in [6.07, 6.45) is 5.20. The van der Waals surface area contributed by atoms with Crippen LogP contribution < -0.4 is 15.1 Å². The van der Waals surface area contributed by atoms with Crippen LogP contribution in [0.15, 0.2) is 55.0 Å². The van der Waals surface area contributed by atoms with Crippen molar-refractivity contribution in [1.29, 1.82) is 0 Å². The molecule has 0 bridgehead atoms. The van der Waals surface area contributed by atoms with E-state index in [1.54, 1.807) is 18.6 Å². The molecule has 1 atom stereocenters. The Morgan fingerprint density at radius 1 is 0.889 bits per heavy atom. The maximum absolute atomic E-state index is 4.65. The Morgan fingerprint density at radius 2 is 1.56 bits per heavy atom. The first kappa shape index (κ1) is 17.1. The van der Waals surface area contributed by atoms with Crippen molar-refractivity contribution in [3.8, 4) is 0 Å². The van der Waals surface area contributed by atoms with Crippen LogP contribution >= 0.6 is 0 Å². The van der Waals surface area contributed by atoms with Gasteiger partial charge in [-0.05, 0) is 18.6 Å². The molecule has 138 valence electrons. The maximum Gasteiger partial charge on any atom is 0.247 e. The van der Waals surface area contributed by atoms with Crippen LogP contribution in [0.1, 0.15) is 18.5 Å². The van der Waals surface area contributed by atoms with Crippen molar-refractivity contribution in [3.05, 3.63) is 60.6 Å². The smallest absolute Gasteiger partial charge is 0.247 e. The Labute approximate surface area is 158 Å². The number of aromatic nitrogens is 5. The highest BCUT2D eigenvalue weighted by molar-refractivity contribution is 5.43. The van der Waals surface area contributed by atoms with Crippen molar-refractivity contribution in [3.63, 3.8) is 0 Å². The number of nitrogens with zero attached hydrogens (tertiary/aromatic N) is 7. The molecule has 4 rings (SSSR count). The zero-order valence-corrected chi connectivity index (χ0v) is 15.2.